The number of aryl methyl sites for hydroxylation is 1. The zero-order valence-electron chi connectivity index (χ0n) is 16.9. The molecule has 0 aliphatic carbocycles. The summed E-state index contributed by atoms with van der Waals surface area (Å²) in [5.74, 6) is -0.134. The smallest absolute Gasteiger partial charge is 0.232 e. The minimum Gasteiger partial charge on any atom is -0.372 e. The summed E-state index contributed by atoms with van der Waals surface area (Å²) in [5.41, 5.74) is 2.57. The van der Waals surface area contributed by atoms with Gasteiger partial charge in [-0.25, -0.2) is 8.42 Å². The van der Waals surface area contributed by atoms with Crippen molar-refractivity contribution in [1.82, 2.24) is 5.32 Å². The van der Waals surface area contributed by atoms with Gasteiger partial charge in [-0.15, -0.1) is 0 Å². The summed E-state index contributed by atoms with van der Waals surface area (Å²) in [5, 5.41) is 2.87. The highest BCUT2D eigenvalue weighted by molar-refractivity contribution is 7.92. The third-order valence-electron chi connectivity index (χ3n) is 4.54. The first-order chi connectivity index (χ1) is 12.1. The van der Waals surface area contributed by atoms with E-state index in [2.05, 4.69) is 24.1 Å². The number of nitrogens with zero attached hydrogens (tertiary/aromatic N) is 2. The van der Waals surface area contributed by atoms with Crippen LogP contribution in [-0.2, 0) is 14.8 Å². The lowest BCUT2D eigenvalue weighted by atomic mass is 10.1. The van der Waals surface area contributed by atoms with E-state index in [1.54, 1.807) is 0 Å². The Morgan fingerprint density at radius 2 is 1.81 bits per heavy atom. The molecule has 148 valence electrons. The van der Waals surface area contributed by atoms with Crippen LogP contribution < -0.4 is 14.5 Å². The Hall–Kier alpha value is -1.76. The second-order valence-electron chi connectivity index (χ2n) is 6.61. The molecule has 1 unspecified atom stereocenters. The average Bonchev–Trinajstić information content (AvgIpc) is 2.56. The van der Waals surface area contributed by atoms with Crippen LogP contribution in [0.15, 0.2) is 18.2 Å². The number of rotatable bonds is 10. The molecule has 1 rings (SSSR count). The molecule has 1 atom stereocenters. The van der Waals surface area contributed by atoms with E-state index < -0.39 is 10.0 Å². The van der Waals surface area contributed by atoms with Gasteiger partial charge in [0.2, 0.25) is 15.9 Å². The Bertz CT molecular complexity index is 700. The van der Waals surface area contributed by atoms with Crippen molar-refractivity contribution in [3.8, 4) is 0 Å². The molecule has 0 spiro atoms. The van der Waals surface area contributed by atoms with Crippen LogP contribution in [-0.4, -0.2) is 46.3 Å². The fraction of sp³-hybridized carbons (Fsp3) is 0.632. The van der Waals surface area contributed by atoms with Crippen LogP contribution in [0.1, 0.15) is 46.1 Å². The van der Waals surface area contributed by atoms with Crippen LogP contribution in [0.2, 0.25) is 0 Å². The van der Waals surface area contributed by atoms with Crippen LogP contribution >= 0.6 is 0 Å². The van der Waals surface area contributed by atoms with E-state index in [4.69, 9.17) is 0 Å². The molecule has 0 saturated carbocycles. The van der Waals surface area contributed by atoms with Gasteiger partial charge < -0.3 is 10.2 Å². The molecule has 0 saturated heterocycles. The van der Waals surface area contributed by atoms with Crippen molar-refractivity contribution in [2.24, 2.45) is 0 Å². The van der Waals surface area contributed by atoms with Gasteiger partial charge in [-0.2, -0.15) is 0 Å². The van der Waals surface area contributed by atoms with Crippen LogP contribution in [0.25, 0.3) is 0 Å². The molecule has 26 heavy (non-hydrogen) atoms. The number of amides is 1. The molecule has 1 amide bonds. The lowest BCUT2D eigenvalue weighted by molar-refractivity contribution is -0.121. The predicted octanol–water partition coefficient (Wildman–Crippen LogP) is 2.91. The van der Waals surface area contributed by atoms with E-state index in [0.717, 1.165) is 30.8 Å². The Balaban J connectivity index is 3.02. The van der Waals surface area contributed by atoms with Gasteiger partial charge >= 0.3 is 0 Å². The van der Waals surface area contributed by atoms with Crippen LogP contribution in [0.4, 0.5) is 11.4 Å². The van der Waals surface area contributed by atoms with Gasteiger partial charge in [-0.3, -0.25) is 9.10 Å². The largest absolute Gasteiger partial charge is 0.372 e. The summed E-state index contributed by atoms with van der Waals surface area (Å²) in [7, 11) is -3.47. The number of nitrogens with one attached hydrogen (secondary N) is 1. The molecule has 1 aromatic carbocycles. The molecule has 7 heteroatoms. The fourth-order valence-corrected chi connectivity index (χ4v) is 3.81. The van der Waals surface area contributed by atoms with E-state index >= 15 is 0 Å². The third kappa shape index (κ3) is 6.20. The summed E-state index contributed by atoms with van der Waals surface area (Å²) in [6.07, 6.45) is 2.15. The molecule has 0 aromatic heterocycles. The monoisotopic (exact) mass is 383 g/mol. The molecule has 1 N–H and O–H groups in total. The van der Waals surface area contributed by atoms with Gasteiger partial charge in [0.1, 0.15) is 0 Å². The second-order valence-corrected chi connectivity index (χ2v) is 8.51. The van der Waals surface area contributed by atoms with Crippen LogP contribution in [0.5, 0.6) is 0 Å². The Morgan fingerprint density at radius 3 is 2.27 bits per heavy atom. The van der Waals surface area contributed by atoms with E-state index in [-0.39, 0.29) is 24.9 Å². The normalized spacial score (nSPS) is 12.5. The van der Waals surface area contributed by atoms with Crippen LogP contribution in [0.3, 0.4) is 0 Å². The summed E-state index contributed by atoms with van der Waals surface area (Å²) in [4.78, 5) is 14.3. The Labute approximate surface area is 158 Å². The lowest BCUT2D eigenvalue weighted by Crippen LogP contribution is -2.37. The minimum absolute atomic E-state index is 0.0873. The van der Waals surface area contributed by atoms with Crippen molar-refractivity contribution < 1.29 is 13.2 Å². The topological polar surface area (TPSA) is 69.7 Å². The molecular weight excluding hydrogens is 350 g/mol. The molecule has 0 fully saturated rings. The first kappa shape index (κ1) is 22.3. The molecular formula is C19H33N3O3S. The number of hydrogen-bond donors (Lipinski definition) is 1. The zero-order valence-corrected chi connectivity index (χ0v) is 17.7. The molecule has 0 radical (unpaired) electrons. The third-order valence-corrected chi connectivity index (χ3v) is 5.72. The molecule has 6 nitrogen and oxygen atoms in total. The molecule has 0 heterocycles. The van der Waals surface area contributed by atoms with E-state index in [1.807, 2.05) is 39.0 Å². The Morgan fingerprint density at radius 1 is 1.19 bits per heavy atom. The first-order valence-corrected chi connectivity index (χ1v) is 11.1. The second kappa shape index (κ2) is 9.80. The number of carbonyl (C=O) groups is 1. The molecule has 1 aromatic rings. The SMILES string of the molecule is CCC(C)NC(=O)CCN(c1ccc(N(CC)CC)cc1C)S(C)(=O)=O. The highest BCUT2D eigenvalue weighted by Crippen LogP contribution is 2.27. The van der Waals surface area contributed by atoms with Gasteiger partial charge in [-0.1, -0.05) is 6.92 Å². The van der Waals surface area contributed by atoms with E-state index in [1.165, 1.54) is 10.6 Å². The number of benzene rings is 1. The van der Waals surface area contributed by atoms with Gasteiger partial charge in [0.05, 0.1) is 11.9 Å². The molecule has 0 aliphatic rings. The highest BCUT2D eigenvalue weighted by atomic mass is 32.2. The fourth-order valence-electron chi connectivity index (χ4n) is 2.82. The standard InChI is InChI=1S/C19H33N3O3S/c1-7-16(5)20-19(23)12-13-22(26(6,24)25)18-11-10-17(14-15(18)4)21(8-2)9-3/h10-11,14,16H,7-9,12-13H2,1-6H3,(H,20,23). The number of carbonyl (C=O) groups excluding carboxylic acids is 1. The van der Waals surface area contributed by atoms with Crippen LogP contribution in [0, 0.1) is 6.92 Å². The summed E-state index contributed by atoms with van der Waals surface area (Å²) in [6, 6.07) is 5.85. The highest BCUT2D eigenvalue weighted by Gasteiger charge is 2.21. The predicted molar refractivity (Wildman–Crippen MR) is 109 cm³/mol. The summed E-state index contributed by atoms with van der Waals surface area (Å²) in [6.45, 7) is 11.9. The minimum atomic E-state index is -3.47. The van der Waals surface area contributed by atoms with E-state index in [0.29, 0.717) is 5.69 Å². The summed E-state index contributed by atoms with van der Waals surface area (Å²) < 4.78 is 25.9. The number of sulfonamides is 1. The van der Waals surface area contributed by atoms with Crippen molar-refractivity contribution in [1.29, 1.82) is 0 Å². The van der Waals surface area contributed by atoms with Gasteiger partial charge in [-0.05, 0) is 57.9 Å². The Kier molecular flexibility index (Phi) is 8.40. The molecule has 0 aliphatic heterocycles. The molecule has 0 bridgehead atoms. The van der Waals surface area contributed by atoms with Crippen molar-refractivity contribution >= 4 is 27.3 Å². The number of anilines is 2. The lowest BCUT2D eigenvalue weighted by Gasteiger charge is -2.27. The van der Waals surface area contributed by atoms with Crippen molar-refractivity contribution in [3.05, 3.63) is 23.8 Å². The first-order valence-electron chi connectivity index (χ1n) is 9.26. The average molecular weight is 384 g/mol. The van der Waals surface area contributed by atoms with E-state index in [9.17, 15) is 13.2 Å². The summed E-state index contributed by atoms with van der Waals surface area (Å²) >= 11 is 0. The van der Waals surface area contributed by atoms with Crippen molar-refractivity contribution in [2.45, 2.75) is 53.5 Å². The van der Waals surface area contributed by atoms with Gasteiger partial charge in [0.25, 0.3) is 0 Å². The van der Waals surface area contributed by atoms with Gasteiger partial charge in [0, 0.05) is 37.8 Å². The van der Waals surface area contributed by atoms with Gasteiger partial charge in [0.15, 0.2) is 0 Å². The zero-order chi connectivity index (χ0) is 19.9. The maximum atomic E-state index is 12.3. The maximum absolute atomic E-state index is 12.3. The van der Waals surface area contributed by atoms with Crippen molar-refractivity contribution in [2.75, 3.05) is 35.1 Å². The maximum Gasteiger partial charge on any atom is 0.232 e. The van der Waals surface area contributed by atoms with Crippen molar-refractivity contribution in [3.63, 3.8) is 0 Å². The quantitative estimate of drug-likeness (QED) is 0.674. The number of hydrogen-bond acceptors (Lipinski definition) is 4.